The minimum absolute atomic E-state index is 0.600. The Balaban J connectivity index is 1.17. The van der Waals surface area contributed by atoms with E-state index in [-0.39, 0.29) is 0 Å². The van der Waals surface area contributed by atoms with Crippen molar-refractivity contribution < 1.29 is 4.74 Å². The summed E-state index contributed by atoms with van der Waals surface area (Å²) in [6, 6.07) is 70.1. The van der Waals surface area contributed by atoms with Gasteiger partial charge in [-0.15, -0.1) is 0 Å². The summed E-state index contributed by atoms with van der Waals surface area (Å²) in [6.07, 6.45) is 4.48. The number of fused-ring (bicyclic) bond motifs is 8. The first-order valence-electron chi connectivity index (χ1n) is 19.6. The Morgan fingerprint density at radius 3 is 1.31 bits per heavy atom. The molecule has 1 aliphatic carbocycles. The highest BCUT2D eigenvalue weighted by atomic mass is 16.5. The first kappa shape index (κ1) is 33.6. The summed E-state index contributed by atoms with van der Waals surface area (Å²) in [4.78, 5) is 15.8. The van der Waals surface area contributed by atoms with Crippen molar-refractivity contribution in [3.8, 4) is 67.9 Å². The van der Waals surface area contributed by atoms with Gasteiger partial charge in [-0.25, -0.2) is 15.0 Å². The normalized spacial score (nSPS) is 13.0. The van der Waals surface area contributed by atoms with Crippen LogP contribution in [-0.4, -0.2) is 15.0 Å². The number of aromatic nitrogens is 3. The molecular weight excluding hydrogens is 707 g/mol. The summed E-state index contributed by atoms with van der Waals surface area (Å²) in [6.45, 7) is 0. The van der Waals surface area contributed by atoms with Gasteiger partial charge in [0.1, 0.15) is 11.5 Å². The van der Waals surface area contributed by atoms with E-state index in [9.17, 15) is 0 Å². The van der Waals surface area contributed by atoms with Crippen molar-refractivity contribution >= 4 is 12.2 Å². The Bertz CT molecular complexity index is 2930. The molecule has 8 aromatic carbocycles. The monoisotopic (exact) mass is 741 g/mol. The van der Waals surface area contributed by atoms with Crippen molar-refractivity contribution in [2.75, 3.05) is 0 Å². The molecule has 0 saturated carbocycles. The van der Waals surface area contributed by atoms with Crippen molar-refractivity contribution in [2.24, 2.45) is 0 Å². The van der Waals surface area contributed by atoms with Gasteiger partial charge >= 0.3 is 0 Å². The molecule has 4 heteroatoms. The fraction of sp³-hybridized carbons (Fsp3) is 0.0185. The molecule has 0 saturated heterocycles. The molecule has 0 radical (unpaired) electrons. The fourth-order valence-electron chi connectivity index (χ4n) is 8.75. The van der Waals surface area contributed by atoms with E-state index in [1.165, 1.54) is 5.56 Å². The smallest absolute Gasteiger partial charge is 0.164 e. The number of ether oxygens (including phenoxy) is 1. The summed E-state index contributed by atoms with van der Waals surface area (Å²) in [7, 11) is 0. The van der Waals surface area contributed by atoms with Crippen LogP contribution in [0.25, 0.3) is 68.6 Å². The van der Waals surface area contributed by atoms with Crippen LogP contribution in [0.1, 0.15) is 33.4 Å². The number of hydrogen-bond donors (Lipinski definition) is 0. The average molecular weight is 742 g/mol. The molecule has 272 valence electrons. The van der Waals surface area contributed by atoms with Crippen LogP contribution < -0.4 is 4.74 Å². The van der Waals surface area contributed by atoms with Crippen molar-refractivity contribution in [2.45, 2.75) is 5.41 Å². The molecule has 11 rings (SSSR count). The van der Waals surface area contributed by atoms with Gasteiger partial charge < -0.3 is 4.74 Å². The summed E-state index contributed by atoms with van der Waals surface area (Å²) in [5.74, 6) is 3.51. The number of nitrogens with zero attached hydrogens (tertiary/aromatic N) is 3. The fourth-order valence-corrected chi connectivity index (χ4v) is 8.75. The largest absolute Gasteiger partial charge is 0.457 e. The highest BCUT2D eigenvalue weighted by Crippen LogP contribution is 2.58. The van der Waals surface area contributed by atoms with Crippen LogP contribution in [0.3, 0.4) is 0 Å². The Morgan fingerprint density at radius 1 is 0.293 bits per heavy atom. The first-order valence-corrected chi connectivity index (χ1v) is 19.6. The Morgan fingerprint density at radius 2 is 0.724 bits per heavy atom. The molecule has 0 fully saturated rings. The third-order valence-corrected chi connectivity index (χ3v) is 11.4. The minimum Gasteiger partial charge on any atom is -0.457 e. The predicted octanol–water partition coefficient (Wildman–Crippen LogP) is 13.2. The highest BCUT2D eigenvalue weighted by molar-refractivity contribution is 5.86. The predicted molar refractivity (Wildman–Crippen MR) is 234 cm³/mol. The first-order chi connectivity index (χ1) is 28.7. The molecule has 0 unspecified atom stereocenters. The van der Waals surface area contributed by atoms with Crippen LogP contribution in [0.4, 0.5) is 0 Å². The van der Waals surface area contributed by atoms with Crippen molar-refractivity contribution in [1.29, 1.82) is 0 Å². The van der Waals surface area contributed by atoms with Gasteiger partial charge in [0.25, 0.3) is 0 Å². The minimum atomic E-state index is -0.691. The lowest BCUT2D eigenvalue weighted by molar-refractivity contribution is 0.434. The molecule has 1 aromatic heterocycles. The molecule has 0 atom stereocenters. The average Bonchev–Trinajstić information content (AvgIpc) is 3.44. The van der Waals surface area contributed by atoms with E-state index in [2.05, 4.69) is 170 Å². The van der Waals surface area contributed by atoms with Crippen molar-refractivity contribution in [1.82, 2.24) is 15.0 Å². The maximum Gasteiger partial charge on any atom is 0.164 e. The van der Waals surface area contributed by atoms with E-state index in [4.69, 9.17) is 19.7 Å². The molecule has 0 N–H and O–H groups in total. The van der Waals surface area contributed by atoms with E-state index in [1.807, 2.05) is 42.5 Å². The molecule has 0 amide bonds. The van der Waals surface area contributed by atoms with E-state index >= 15 is 0 Å². The standard InChI is InChI=1S/C54H35N3O/c1-4-16-36(17-5-1)42-32-43(37-18-6-2-7-19-37)34-44(33-42)53-56-51(40-21-8-3-9-22-40)55-52(57-53)41-31-30-39-29-28-38-20-10-11-23-45(38)54(48(39)35-41)46-24-12-14-26-49(46)58-50-27-15-13-25-47(50)54/h1-35H. The zero-order chi connectivity index (χ0) is 38.5. The maximum atomic E-state index is 6.65. The summed E-state index contributed by atoms with van der Waals surface area (Å²) in [5.41, 5.74) is 13.3. The zero-order valence-corrected chi connectivity index (χ0v) is 31.5. The second-order valence-electron chi connectivity index (χ2n) is 14.8. The van der Waals surface area contributed by atoms with Gasteiger partial charge in [0.05, 0.1) is 5.41 Å². The van der Waals surface area contributed by atoms with Crippen LogP contribution in [0, 0.1) is 0 Å². The number of rotatable bonds is 5. The van der Waals surface area contributed by atoms with Gasteiger partial charge in [-0.05, 0) is 80.9 Å². The summed E-state index contributed by atoms with van der Waals surface area (Å²) >= 11 is 0. The molecule has 0 bridgehead atoms. The number of hydrogen-bond acceptors (Lipinski definition) is 4. The molecule has 9 aromatic rings. The summed E-state index contributed by atoms with van der Waals surface area (Å²) < 4.78 is 6.65. The van der Waals surface area contributed by atoms with Gasteiger partial charge in [-0.1, -0.05) is 176 Å². The molecule has 4 nitrogen and oxygen atoms in total. The molecule has 58 heavy (non-hydrogen) atoms. The Labute approximate surface area is 337 Å². The molecule has 1 aliphatic heterocycles. The second kappa shape index (κ2) is 13.8. The van der Waals surface area contributed by atoms with Crippen molar-refractivity contribution in [3.05, 3.63) is 234 Å². The van der Waals surface area contributed by atoms with Crippen LogP contribution in [0.5, 0.6) is 11.5 Å². The van der Waals surface area contributed by atoms with E-state index in [0.717, 1.165) is 78.3 Å². The number of benzene rings is 8. The lowest BCUT2D eigenvalue weighted by atomic mass is 9.62. The van der Waals surface area contributed by atoms with Gasteiger partial charge in [0, 0.05) is 27.8 Å². The quantitative estimate of drug-likeness (QED) is 0.176. The Kier molecular flexibility index (Phi) is 8.00. The lowest BCUT2D eigenvalue weighted by Gasteiger charge is -2.42. The lowest BCUT2D eigenvalue weighted by Crippen LogP contribution is -2.35. The SMILES string of the molecule is C1=Cc2ccc(-c3nc(-c4ccccc4)nc(-c4cc(-c5ccccc5)cc(-c5ccccc5)c4)n3)cc2C2(c3ccccc31)c1ccccc1Oc1ccccc12. The van der Waals surface area contributed by atoms with Crippen LogP contribution in [-0.2, 0) is 5.41 Å². The number of para-hydroxylation sites is 2. The van der Waals surface area contributed by atoms with E-state index < -0.39 is 5.41 Å². The topological polar surface area (TPSA) is 47.9 Å². The molecular formula is C54H35N3O. The second-order valence-corrected chi connectivity index (χ2v) is 14.8. The van der Waals surface area contributed by atoms with Gasteiger partial charge in [-0.3, -0.25) is 0 Å². The van der Waals surface area contributed by atoms with Gasteiger partial charge in [0.15, 0.2) is 17.5 Å². The third kappa shape index (κ3) is 5.57. The van der Waals surface area contributed by atoms with Crippen LogP contribution in [0.2, 0.25) is 0 Å². The van der Waals surface area contributed by atoms with E-state index in [1.54, 1.807) is 0 Å². The van der Waals surface area contributed by atoms with Crippen molar-refractivity contribution in [3.63, 3.8) is 0 Å². The molecule has 2 heterocycles. The highest BCUT2D eigenvalue weighted by Gasteiger charge is 2.47. The van der Waals surface area contributed by atoms with Gasteiger partial charge in [-0.2, -0.15) is 0 Å². The van der Waals surface area contributed by atoms with Crippen LogP contribution in [0.15, 0.2) is 200 Å². The summed E-state index contributed by atoms with van der Waals surface area (Å²) in [5, 5.41) is 0. The van der Waals surface area contributed by atoms with Crippen LogP contribution >= 0.6 is 0 Å². The van der Waals surface area contributed by atoms with Gasteiger partial charge in [0.2, 0.25) is 0 Å². The molecule has 1 spiro atoms. The third-order valence-electron chi connectivity index (χ3n) is 11.4. The molecule has 2 aliphatic rings. The Hall–Kier alpha value is -7.69. The zero-order valence-electron chi connectivity index (χ0n) is 31.5. The maximum absolute atomic E-state index is 6.65. The van der Waals surface area contributed by atoms with E-state index in [0.29, 0.717) is 17.5 Å².